The van der Waals surface area contributed by atoms with Crippen molar-refractivity contribution in [3.8, 4) is 11.5 Å². The fourth-order valence-electron chi connectivity index (χ4n) is 7.76. The van der Waals surface area contributed by atoms with Gasteiger partial charge in [0.05, 0.1) is 37.6 Å². The molecule has 0 saturated carbocycles. The third-order valence-electron chi connectivity index (χ3n) is 13.8. The largest absolute Gasteiger partial charge is 0.497 e. The molecule has 3 heterocycles. The van der Waals surface area contributed by atoms with Crippen molar-refractivity contribution in [1.82, 2.24) is 9.97 Å². The fraction of sp³-hybridized carbons (Fsp3) is 0.404. The summed E-state index contributed by atoms with van der Waals surface area (Å²) in [5, 5.41) is 4.34. The van der Waals surface area contributed by atoms with Crippen LogP contribution < -0.4 is 14.8 Å². The van der Waals surface area contributed by atoms with E-state index in [1.807, 2.05) is 90.3 Å². The van der Waals surface area contributed by atoms with Crippen LogP contribution in [0.2, 0.25) is 36.3 Å². The van der Waals surface area contributed by atoms with E-state index in [0.717, 1.165) is 16.7 Å². The minimum absolute atomic E-state index is 0.00870. The van der Waals surface area contributed by atoms with E-state index in [1.54, 1.807) is 38.5 Å². The number of halogens is 1. The number of nitrogens with one attached hydrogen (secondary N) is 1. The predicted molar refractivity (Wildman–Crippen MR) is 267 cm³/mol. The third-order valence-corrected chi connectivity index (χ3v) is 23.8. The van der Waals surface area contributed by atoms with Gasteiger partial charge in [0.15, 0.2) is 28.6 Å². The predicted octanol–water partition coefficient (Wildman–Crippen LogP) is 12.5. The van der Waals surface area contributed by atoms with Crippen molar-refractivity contribution in [3.63, 3.8) is 0 Å². The van der Waals surface area contributed by atoms with E-state index in [4.69, 9.17) is 32.8 Å². The van der Waals surface area contributed by atoms with Gasteiger partial charge in [-0.3, -0.25) is 4.79 Å². The molecule has 1 fully saturated rings. The molecule has 0 radical (unpaired) electrons. The zero-order valence-corrected chi connectivity index (χ0v) is 43.0. The van der Waals surface area contributed by atoms with E-state index in [0.29, 0.717) is 38.7 Å². The second-order valence-electron chi connectivity index (χ2n) is 20.1. The highest BCUT2D eigenvalue weighted by molar-refractivity contribution is 7.18. The zero-order chi connectivity index (χ0) is 47.7. The van der Waals surface area contributed by atoms with Crippen LogP contribution >= 0.6 is 11.3 Å². The minimum Gasteiger partial charge on any atom is -0.497 e. The second kappa shape index (κ2) is 19.1. The van der Waals surface area contributed by atoms with Crippen molar-refractivity contribution in [2.45, 2.75) is 107 Å². The summed E-state index contributed by atoms with van der Waals surface area (Å²) >= 11 is 1.33. The van der Waals surface area contributed by atoms with E-state index >= 15 is 4.39 Å². The van der Waals surface area contributed by atoms with Crippen LogP contribution in [0.15, 0.2) is 121 Å². The van der Waals surface area contributed by atoms with E-state index in [2.05, 4.69) is 78.0 Å². The lowest BCUT2D eigenvalue weighted by molar-refractivity contribution is -0.163. The SMILES string of the molecule is COc1ccc(C(OC[C@]2(CO[Si](C)(C)C(C)(C)C)O[C@@H](c3csc4c(NC(=O)c5ccccc5)ncnc34)[C@H](F)[C@@H]2O[Si](C)(C)C(C)(C)C)(c2ccccc2)c2ccc(OC)cc2)cc1. The molecule has 0 unspecified atom stereocenters. The molecule has 2 aromatic heterocycles. The molecule has 1 saturated heterocycles. The van der Waals surface area contributed by atoms with Gasteiger partial charge in [0, 0.05) is 11.1 Å². The summed E-state index contributed by atoms with van der Waals surface area (Å²) in [6.07, 6.45) is -2.59. The first kappa shape index (κ1) is 49.1. The van der Waals surface area contributed by atoms with Crippen LogP contribution in [0.1, 0.15) is 80.3 Å². The number of methoxy groups -OCH3 is 2. The Labute approximate surface area is 395 Å². The average Bonchev–Trinajstić information content (AvgIpc) is 3.85. The first-order chi connectivity index (χ1) is 31.2. The molecule has 6 aromatic rings. The number of carbonyl (C=O) groups is 1. The summed E-state index contributed by atoms with van der Waals surface area (Å²) in [6.45, 7) is 21.5. The van der Waals surface area contributed by atoms with Gasteiger partial charge in [-0.2, -0.15) is 0 Å². The highest BCUT2D eigenvalue weighted by Gasteiger charge is 2.62. The van der Waals surface area contributed by atoms with Gasteiger partial charge in [-0.05, 0) is 94.7 Å². The topological polar surface area (TPSA) is 110 Å². The van der Waals surface area contributed by atoms with Crippen LogP contribution in [0.25, 0.3) is 10.2 Å². The summed E-state index contributed by atoms with van der Waals surface area (Å²) in [6, 6.07) is 34.6. The molecular weight excluding hydrogens is 886 g/mol. The maximum Gasteiger partial charge on any atom is 0.256 e. The van der Waals surface area contributed by atoms with Crippen LogP contribution in [-0.4, -0.2) is 77.8 Å². The van der Waals surface area contributed by atoms with Crippen LogP contribution in [0.3, 0.4) is 0 Å². The normalized spacial score (nSPS) is 19.5. The first-order valence-corrected chi connectivity index (χ1v) is 29.1. The number of aromatic nitrogens is 2. The molecule has 1 aliphatic rings. The lowest BCUT2D eigenvalue weighted by Crippen LogP contribution is -2.59. The molecule has 4 atom stereocenters. The van der Waals surface area contributed by atoms with Gasteiger partial charge in [-0.1, -0.05) is 114 Å². The summed E-state index contributed by atoms with van der Waals surface area (Å²) in [4.78, 5) is 22.5. The Morgan fingerprint density at radius 2 is 1.27 bits per heavy atom. The number of alkyl halides is 1. The molecule has 0 bridgehead atoms. The molecule has 7 rings (SSSR count). The Hall–Kier alpha value is -4.81. The third kappa shape index (κ3) is 9.64. The minimum atomic E-state index is -2.75. The quantitative estimate of drug-likeness (QED) is 0.0749. The molecule has 14 heteroatoms. The second-order valence-corrected chi connectivity index (χ2v) is 30.5. The molecule has 66 heavy (non-hydrogen) atoms. The van der Waals surface area contributed by atoms with Crippen molar-refractivity contribution >= 4 is 49.9 Å². The number of anilines is 1. The van der Waals surface area contributed by atoms with Crippen LogP contribution in [-0.2, 0) is 23.9 Å². The molecule has 1 aliphatic heterocycles. The van der Waals surface area contributed by atoms with Gasteiger partial charge < -0.3 is 33.1 Å². The van der Waals surface area contributed by atoms with Crippen LogP contribution in [0.5, 0.6) is 11.5 Å². The Bertz CT molecular complexity index is 2540. The number of rotatable bonds is 16. The molecule has 1 amide bonds. The number of carbonyl (C=O) groups excluding carboxylic acids is 1. The number of amides is 1. The average molecular weight is 950 g/mol. The van der Waals surface area contributed by atoms with E-state index in [9.17, 15) is 4.79 Å². The van der Waals surface area contributed by atoms with E-state index in [1.165, 1.54) is 17.7 Å². The Morgan fingerprint density at radius 1 is 0.742 bits per heavy atom. The Kier molecular flexibility index (Phi) is 14.2. The summed E-state index contributed by atoms with van der Waals surface area (Å²) in [5.74, 6) is 1.39. The van der Waals surface area contributed by atoms with Gasteiger partial charge in [-0.15, -0.1) is 11.3 Å². The van der Waals surface area contributed by atoms with Crippen molar-refractivity contribution in [2.75, 3.05) is 32.8 Å². The Balaban J connectivity index is 1.41. The van der Waals surface area contributed by atoms with Crippen LogP contribution in [0, 0.1) is 0 Å². The summed E-state index contributed by atoms with van der Waals surface area (Å²) in [5.41, 5.74) is 1.22. The number of hydrogen-bond donors (Lipinski definition) is 1. The van der Waals surface area contributed by atoms with Crippen molar-refractivity contribution in [3.05, 3.63) is 149 Å². The van der Waals surface area contributed by atoms with Gasteiger partial charge in [0.25, 0.3) is 5.91 Å². The number of nitrogens with zero attached hydrogens (tertiary/aromatic N) is 2. The van der Waals surface area contributed by atoms with Crippen LogP contribution in [0.4, 0.5) is 10.2 Å². The first-order valence-electron chi connectivity index (χ1n) is 22.4. The molecular formula is C52H64FN3O7SSi2. The lowest BCUT2D eigenvalue weighted by atomic mass is 9.79. The van der Waals surface area contributed by atoms with E-state index < -0.39 is 46.2 Å². The number of thiophene rings is 1. The van der Waals surface area contributed by atoms with Crippen molar-refractivity contribution in [2.24, 2.45) is 0 Å². The standard InChI is InChI=1S/C52H64FN3O7SSi2/c1-49(2,3)65(9,10)61-33-51(32-60-52(36-21-17-14-18-22-36,37-23-27-39(58-7)28-24-37)38-25-29-40(59-8)30-26-38)46(63-66(11,12)50(4,5)6)42(53)44(62-51)41-31-64-45-43(41)54-34-55-47(45)56-48(57)35-19-15-13-16-20-35/h13-31,34,42,44,46H,32-33H2,1-12H3,(H,54,55,56,57)/t42-,44-,46-,51+/m0/s1. The molecule has 1 N–H and O–H groups in total. The molecule has 0 aliphatic carbocycles. The van der Waals surface area contributed by atoms with Gasteiger partial charge in [-0.25, -0.2) is 14.4 Å². The number of fused-ring (bicyclic) bond motifs is 1. The number of hydrogen-bond acceptors (Lipinski definition) is 10. The monoisotopic (exact) mass is 949 g/mol. The molecule has 0 spiro atoms. The highest BCUT2D eigenvalue weighted by Crippen LogP contribution is 2.52. The van der Waals surface area contributed by atoms with Gasteiger partial charge in [0.1, 0.15) is 41.2 Å². The van der Waals surface area contributed by atoms with Gasteiger partial charge >= 0.3 is 0 Å². The maximum atomic E-state index is 18.4. The number of ether oxygens (including phenoxy) is 4. The Morgan fingerprint density at radius 3 is 1.80 bits per heavy atom. The highest BCUT2D eigenvalue weighted by atomic mass is 32.1. The molecule has 350 valence electrons. The lowest BCUT2D eigenvalue weighted by Gasteiger charge is -2.46. The summed E-state index contributed by atoms with van der Waals surface area (Å²) in [7, 11) is -1.99. The maximum absolute atomic E-state index is 18.4. The zero-order valence-electron chi connectivity index (χ0n) is 40.2. The van der Waals surface area contributed by atoms with Crippen molar-refractivity contribution < 1.29 is 37.0 Å². The number of benzene rings is 4. The molecule has 4 aromatic carbocycles. The smallest absolute Gasteiger partial charge is 0.256 e. The van der Waals surface area contributed by atoms with E-state index in [-0.39, 0.29) is 29.2 Å². The summed E-state index contributed by atoms with van der Waals surface area (Å²) < 4.78 is 59.8. The van der Waals surface area contributed by atoms with Gasteiger partial charge in [0.2, 0.25) is 0 Å². The van der Waals surface area contributed by atoms with Crippen molar-refractivity contribution in [1.29, 1.82) is 0 Å². The fourth-order valence-corrected chi connectivity index (χ4v) is 11.1. The molecule has 10 nitrogen and oxygen atoms in total.